The Bertz CT molecular complexity index is 940. The van der Waals surface area contributed by atoms with Crippen molar-refractivity contribution in [2.75, 3.05) is 19.1 Å². The van der Waals surface area contributed by atoms with E-state index in [4.69, 9.17) is 21.7 Å². The lowest BCUT2D eigenvalue weighted by molar-refractivity contribution is -0.132. The molecule has 0 radical (unpaired) electrons. The second-order valence-electron chi connectivity index (χ2n) is 5.85. The van der Waals surface area contributed by atoms with Gasteiger partial charge in [-0.3, -0.25) is 19.4 Å². The largest absolute Gasteiger partial charge is 0.493 e. The summed E-state index contributed by atoms with van der Waals surface area (Å²) in [5, 5.41) is 0.404. The summed E-state index contributed by atoms with van der Waals surface area (Å²) in [5.74, 6) is 0.0733. The summed E-state index contributed by atoms with van der Waals surface area (Å²) in [6.07, 6.45) is 1.73. The zero-order valence-corrected chi connectivity index (χ0v) is 15.9. The van der Waals surface area contributed by atoms with Crippen LogP contribution in [-0.2, 0) is 9.59 Å². The minimum Gasteiger partial charge on any atom is -0.493 e. The molecular formula is C20H18N2O4S. The van der Waals surface area contributed by atoms with Gasteiger partial charge in [0.1, 0.15) is 5.70 Å². The standard InChI is InChI=1S/C20H18N2O4S/c1-13(23)26-17-10-9-14(12-18(17)25-3)11-16-19(24)21(2)20(27)22(16)15-7-5-4-6-8-15/h4-12H,1-3H3. The maximum Gasteiger partial charge on any atom is 0.308 e. The molecule has 0 N–H and O–H groups in total. The van der Waals surface area contributed by atoms with E-state index in [2.05, 4.69) is 0 Å². The number of nitrogens with zero attached hydrogens (tertiary/aromatic N) is 2. The van der Waals surface area contributed by atoms with Crippen LogP contribution in [0, 0.1) is 0 Å². The molecule has 1 saturated heterocycles. The molecule has 0 bridgehead atoms. The van der Waals surface area contributed by atoms with E-state index in [9.17, 15) is 9.59 Å². The number of carbonyl (C=O) groups is 2. The maximum atomic E-state index is 12.7. The van der Waals surface area contributed by atoms with Gasteiger partial charge in [0.2, 0.25) is 0 Å². The third kappa shape index (κ3) is 3.68. The van der Waals surface area contributed by atoms with E-state index < -0.39 is 5.97 Å². The number of likely N-dealkylation sites (N-methyl/N-ethyl adjacent to an activating group) is 1. The monoisotopic (exact) mass is 382 g/mol. The molecule has 1 heterocycles. The van der Waals surface area contributed by atoms with Crippen molar-refractivity contribution in [3.05, 3.63) is 59.8 Å². The Hall–Kier alpha value is -3.19. The number of ether oxygens (including phenoxy) is 2. The van der Waals surface area contributed by atoms with Crippen LogP contribution in [0.1, 0.15) is 12.5 Å². The van der Waals surface area contributed by atoms with Gasteiger partial charge in [0.25, 0.3) is 5.91 Å². The van der Waals surface area contributed by atoms with Crippen LogP contribution in [0.4, 0.5) is 5.69 Å². The smallest absolute Gasteiger partial charge is 0.308 e. The molecule has 0 spiro atoms. The number of rotatable bonds is 4. The number of methoxy groups -OCH3 is 1. The van der Waals surface area contributed by atoms with Gasteiger partial charge in [-0.05, 0) is 48.1 Å². The zero-order valence-electron chi connectivity index (χ0n) is 15.1. The Morgan fingerprint density at radius 3 is 2.44 bits per heavy atom. The van der Waals surface area contributed by atoms with Crippen LogP contribution < -0.4 is 14.4 Å². The molecule has 2 aromatic carbocycles. The van der Waals surface area contributed by atoms with Gasteiger partial charge in [-0.15, -0.1) is 0 Å². The van der Waals surface area contributed by atoms with E-state index in [0.717, 1.165) is 5.69 Å². The quantitative estimate of drug-likeness (QED) is 0.350. The number of amides is 1. The van der Waals surface area contributed by atoms with E-state index in [1.54, 1.807) is 36.2 Å². The predicted octanol–water partition coefficient (Wildman–Crippen LogP) is 3.22. The van der Waals surface area contributed by atoms with Crippen molar-refractivity contribution in [1.82, 2.24) is 4.90 Å². The van der Waals surface area contributed by atoms with Crippen LogP contribution in [0.25, 0.3) is 6.08 Å². The molecule has 0 atom stereocenters. The van der Waals surface area contributed by atoms with Crippen LogP contribution in [-0.4, -0.2) is 36.0 Å². The predicted molar refractivity (Wildman–Crippen MR) is 107 cm³/mol. The van der Waals surface area contributed by atoms with Crippen molar-refractivity contribution in [2.24, 2.45) is 0 Å². The second-order valence-corrected chi connectivity index (χ2v) is 6.22. The Morgan fingerprint density at radius 2 is 1.81 bits per heavy atom. The highest BCUT2D eigenvalue weighted by Crippen LogP contribution is 2.32. The first kappa shape index (κ1) is 18.6. The average molecular weight is 382 g/mol. The lowest BCUT2D eigenvalue weighted by Crippen LogP contribution is -2.29. The van der Waals surface area contributed by atoms with Gasteiger partial charge in [-0.25, -0.2) is 0 Å². The molecule has 0 saturated carbocycles. The van der Waals surface area contributed by atoms with Gasteiger partial charge < -0.3 is 9.47 Å². The summed E-state index contributed by atoms with van der Waals surface area (Å²) >= 11 is 5.44. The van der Waals surface area contributed by atoms with Gasteiger partial charge in [0.05, 0.1) is 7.11 Å². The minimum atomic E-state index is -0.437. The van der Waals surface area contributed by atoms with Crippen molar-refractivity contribution in [3.8, 4) is 11.5 Å². The fourth-order valence-electron chi connectivity index (χ4n) is 2.73. The molecule has 0 unspecified atom stereocenters. The molecule has 6 nitrogen and oxygen atoms in total. The molecule has 0 aromatic heterocycles. The highest BCUT2D eigenvalue weighted by molar-refractivity contribution is 7.80. The molecule has 3 rings (SSSR count). The van der Waals surface area contributed by atoms with Gasteiger partial charge in [0, 0.05) is 19.7 Å². The number of hydrogen-bond donors (Lipinski definition) is 0. The van der Waals surface area contributed by atoms with Crippen LogP contribution >= 0.6 is 12.2 Å². The van der Waals surface area contributed by atoms with E-state index in [1.807, 2.05) is 30.3 Å². The summed E-state index contributed by atoms with van der Waals surface area (Å²) in [4.78, 5) is 27.1. The van der Waals surface area contributed by atoms with Crippen LogP contribution in [0.2, 0.25) is 0 Å². The molecule has 1 aliphatic rings. The number of esters is 1. The average Bonchev–Trinajstić information content (AvgIpc) is 2.87. The summed E-state index contributed by atoms with van der Waals surface area (Å²) < 4.78 is 10.4. The van der Waals surface area contributed by atoms with Crippen molar-refractivity contribution >= 4 is 41.0 Å². The molecule has 1 aliphatic heterocycles. The normalized spacial score (nSPS) is 15.4. The Labute approximate surface area is 162 Å². The van der Waals surface area contributed by atoms with E-state index >= 15 is 0 Å². The van der Waals surface area contributed by atoms with Gasteiger partial charge in [-0.1, -0.05) is 24.3 Å². The molecule has 1 fully saturated rings. The number of hydrogen-bond acceptors (Lipinski definition) is 5. The molecular weight excluding hydrogens is 364 g/mol. The van der Waals surface area contributed by atoms with Gasteiger partial charge in [-0.2, -0.15) is 0 Å². The third-order valence-corrected chi connectivity index (χ3v) is 4.46. The molecule has 27 heavy (non-hydrogen) atoms. The van der Waals surface area contributed by atoms with Crippen molar-refractivity contribution < 1.29 is 19.1 Å². The third-order valence-electron chi connectivity index (χ3n) is 4.00. The molecule has 1 amide bonds. The Balaban J connectivity index is 2.04. The van der Waals surface area contributed by atoms with Gasteiger partial charge in [0.15, 0.2) is 16.6 Å². The molecule has 0 aliphatic carbocycles. The lowest BCUT2D eigenvalue weighted by atomic mass is 10.1. The van der Waals surface area contributed by atoms with E-state index in [-0.39, 0.29) is 5.91 Å². The molecule has 7 heteroatoms. The van der Waals surface area contributed by atoms with Crippen LogP contribution in [0.15, 0.2) is 54.2 Å². The van der Waals surface area contributed by atoms with Gasteiger partial charge >= 0.3 is 5.97 Å². The first-order chi connectivity index (χ1) is 12.9. The highest BCUT2D eigenvalue weighted by atomic mass is 32.1. The summed E-state index contributed by atoms with van der Waals surface area (Å²) in [6.45, 7) is 1.32. The van der Waals surface area contributed by atoms with Crippen molar-refractivity contribution in [2.45, 2.75) is 6.92 Å². The maximum absolute atomic E-state index is 12.7. The number of para-hydroxylation sites is 1. The Morgan fingerprint density at radius 1 is 1.11 bits per heavy atom. The number of thiocarbonyl (C=S) groups is 1. The fourth-order valence-corrected chi connectivity index (χ4v) is 3.02. The SMILES string of the molecule is COc1cc(C=C2C(=O)N(C)C(=S)N2c2ccccc2)ccc1OC(C)=O. The Kier molecular flexibility index (Phi) is 5.23. The topological polar surface area (TPSA) is 59.1 Å². The number of carbonyl (C=O) groups excluding carboxylic acids is 2. The summed E-state index contributed by atoms with van der Waals surface area (Å²) in [5.41, 5.74) is 1.94. The number of benzene rings is 2. The minimum absolute atomic E-state index is 0.202. The second kappa shape index (κ2) is 7.59. The molecule has 2 aromatic rings. The van der Waals surface area contributed by atoms with E-state index in [1.165, 1.54) is 18.9 Å². The van der Waals surface area contributed by atoms with Crippen LogP contribution in [0.5, 0.6) is 11.5 Å². The van der Waals surface area contributed by atoms with E-state index in [0.29, 0.717) is 27.9 Å². The first-order valence-corrected chi connectivity index (χ1v) is 8.58. The number of anilines is 1. The van der Waals surface area contributed by atoms with Crippen molar-refractivity contribution in [3.63, 3.8) is 0 Å². The summed E-state index contributed by atoms with van der Waals surface area (Å²) in [7, 11) is 3.13. The van der Waals surface area contributed by atoms with Crippen molar-refractivity contribution in [1.29, 1.82) is 0 Å². The highest BCUT2D eigenvalue weighted by Gasteiger charge is 2.36. The first-order valence-electron chi connectivity index (χ1n) is 8.17. The summed E-state index contributed by atoms with van der Waals surface area (Å²) in [6, 6.07) is 14.5. The molecule has 138 valence electrons. The fraction of sp³-hybridized carbons (Fsp3) is 0.150. The lowest BCUT2D eigenvalue weighted by Gasteiger charge is -2.18. The van der Waals surface area contributed by atoms with Crippen LogP contribution in [0.3, 0.4) is 0 Å². The zero-order chi connectivity index (χ0) is 19.6.